The van der Waals surface area contributed by atoms with E-state index in [1.807, 2.05) is 24.3 Å². The van der Waals surface area contributed by atoms with Crippen LogP contribution in [0.1, 0.15) is 11.3 Å². The summed E-state index contributed by atoms with van der Waals surface area (Å²) < 4.78 is 5.77. The summed E-state index contributed by atoms with van der Waals surface area (Å²) in [6, 6.07) is 18.9. The molecule has 2 nitrogen and oxygen atoms in total. The second-order valence-electron chi connectivity index (χ2n) is 4.36. The monoisotopic (exact) mass is 236 g/mol. The van der Waals surface area contributed by atoms with E-state index in [1.54, 1.807) is 0 Å². The number of benzene rings is 2. The van der Waals surface area contributed by atoms with Gasteiger partial charge in [-0.2, -0.15) is 0 Å². The maximum atomic E-state index is 5.77. The van der Waals surface area contributed by atoms with E-state index in [2.05, 4.69) is 42.2 Å². The van der Waals surface area contributed by atoms with Gasteiger partial charge in [-0.15, -0.1) is 0 Å². The Morgan fingerprint density at radius 1 is 1.17 bits per heavy atom. The zero-order chi connectivity index (χ0) is 12.4. The van der Waals surface area contributed by atoms with Gasteiger partial charge in [-0.1, -0.05) is 30.3 Å². The molecule has 3 rings (SSSR count). The third-order valence-electron chi connectivity index (χ3n) is 2.96. The lowest BCUT2D eigenvalue weighted by Crippen LogP contribution is -1.96. The van der Waals surface area contributed by atoms with Crippen molar-refractivity contribution in [2.24, 2.45) is 0 Å². The van der Waals surface area contributed by atoms with Crippen LogP contribution in [0.2, 0.25) is 0 Å². The van der Waals surface area contributed by atoms with E-state index in [0.29, 0.717) is 6.61 Å². The number of aromatic amines is 1. The lowest BCUT2D eigenvalue weighted by molar-refractivity contribution is 0.307. The fourth-order valence-corrected chi connectivity index (χ4v) is 2.11. The minimum atomic E-state index is 0.571. The van der Waals surface area contributed by atoms with Crippen molar-refractivity contribution < 1.29 is 4.74 Å². The molecule has 0 amide bonds. The molecule has 0 fully saturated rings. The maximum Gasteiger partial charge on any atom is 0.119 e. The van der Waals surface area contributed by atoms with Crippen molar-refractivity contribution in [3.8, 4) is 5.75 Å². The summed E-state index contributed by atoms with van der Waals surface area (Å²) in [6.07, 6.45) is 0. The highest BCUT2D eigenvalue weighted by atomic mass is 16.5. The second kappa shape index (κ2) is 4.57. The quantitative estimate of drug-likeness (QED) is 0.734. The molecule has 2 aromatic carbocycles. The number of para-hydroxylation sites is 1. The predicted octanol–water partition coefficient (Wildman–Crippen LogP) is 3.86. The Morgan fingerprint density at radius 3 is 2.83 bits per heavy atom. The summed E-state index contributed by atoms with van der Waals surface area (Å²) in [5.74, 6) is 0.869. The third-order valence-corrected chi connectivity index (χ3v) is 2.96. The number of ether oxygens (including phenoxy) is 1. The summed E-state index contributed by atoms with van der Waals surface area (Å²) in [6.45, 7) is 2.64. The zero-order valence-corrected chi connectivity index (χ0v) is 10.2. The molecule has 2 heteroatoms. The van der Waals surface area contributed by atoms with E-state index in [4.69, 9.17) is 4.74 Å². The number of hydrogen-bond acceptors (Lipinski definition) is 1. The summed E-state index contributed by atoms with van der Waals surface area (Å²) in [4.78, 5) is 3.38. The van der Waals surface area contributed by atoms with E-state index in [9.17, 15) is 0 Å². The molecule has 89 valence electrons. The Morgan fingerprint density at radius 2 is 2.00 bits per heavy atom. The van der Waals surface area contributed by atoms with Gasteiger partial charge in [0, 0.05) is 16.6 Å². The molecule has 0 bridgehead atoms. The Kier molecular flexibility index (Phi) is 2.77. The SMILES string of the molecule is Cc1cc2cccc(COc3cc[c]cc3)c2[nH]1. The number of rotatable bonds is 3. The maximum absolute atomic E-state index is 5.77. The third kappa shape index (κ3) is 2.09. The van der Waals surface area contributed by atoms with Gasteiger partial charge in [-0.25, -0.2) is 0 Å². The Labute approximate surface area is 106 Å². The fraction of sp³-hybridized carbons (Fsp3) is 0.125. The average Bonchev–Trinajstić information content (AvgIpc) is 2.78. The van der Waals surface area contributed by atoms with Gasteiger partial charge in [0.1, 0.15) is 12.4 Å². The molecule has 3 aromatic rings. The van der Waals surface area contributed by atoms with Crippen LogP contribution in [0.5, 0.6) is 5.75 Å². The van der Waals surface area contributed by atoms with Crippen molar-refractivity contribution in [2.45, 2.75) is 13.5 Å². The highest BCUT2D eigenvalue weighted by Crippen LogP contribution is 2.21. The standard InChI is InChI=1S/C16H14NO/c1-12-10-13-6-5-7-14(16(13)17-12)11-18-15-8-3-2-4-9-15/h3-10,17H,11H2,1H3. The highest BCUT2D eigenvalue weighted by Gasteiger charge is 2.04. The zero-order valence-electron chi connectivity index (χ0n) is 10.2. The molecule has 0 saturated heterocycles. The number of hydrogen-bond donors (Lipinski definition) is 1. The van der Waals surface area contributed by atoms with Crippen molar-refractivity contribution in [3.63, 3.8) is 0 Å². The van der Waals surface area contributed by atoms with Crippen LogP contribution < -0.4 is 4.74 Å². The molecule has 1 aromatic heterocycles. The Balaban J connectivity index is 1.86. The largest absolute Gasteiger partial charge is 0.489 e. The van der Waals surface area contributed by atoms with Gasteiger partial charge in [0.05, 0.1) is 5.52 Å². The number of fused-ring (bicyclic) bond motifs is 1. The van der Waals surface area contributed by atoms with Crippen LogP contribution in [0.15, 0.2) is 48.5 Å². The van der Waals surface area contributed by atoms with Crippen LogP contribution in [0.4, 0.5) is 0 Å². The number of nitrogens with one attached hydrogen (secondary N) is 1. The normalized spacial score (nSPS) is 10.7. The lowest BCUT2D eigenvalue weighted by atomic mass is 10.1. The van der Waals surface area contributed by atoms with Gasteiger partial charge < -0.3 is 9.72 Å². The summed E-state index contributed by atoms with van der Waals surface area (Å²) >= 11 is 0. The Hall–Kier alpha value is -2.22. The highest BCUT2D eigenvalue weighted by molar-refractivity contribution is 5.83. The van der Waals surface area contributed by atoms with Crippen molar-refractivity contribution in [2.75, 3.05) is 0 Å². The molecule has 0 aliphatic heterocycles. The van der Waals surface area contributed by atoms with E-state index < -0.39 is 0 Å². The van der Waals surface area contributed by atoms with Crippen LogP contribution in [0.25, 0.3) is 10.9 Å². The van der Waals surface area contributed by atoms with Gasteiger partial charge in [-0.05, 0) is 31.2 Å². The summed E-state index contributed by atoms with van der Waals surface area (Å²) in [5.41, 5.74) is 3.51. The second-order valence-corrected chi connectivity index (χ2v) is 4.36. The van der Waals surface area contributed by atoms with Crippen molar-refractivity contribution >= 4 is 10.9 Å². The van der Waals surface area contributed by atoms with Crippen molar-refractivity contribution in [1.29, 1.82) is 0 Å². The molecule has 0 aliphatic rings. The first kappa shape index (κ1) is 10.9. The molecule has 0 spiro atoms. The molecule has 0 saturated carbocycles. The van der Waals surface area contributed by atoms with Gasteiger partial charge >= 0.3 is 0 Å². The molecule has 0 aliphatic carbocycles. The fourth-order valence-electron chi connectivity index (χ4n) is 2.11. The first-order chi connectivity index (χ1) is 8.83. The first-order valence-electron chi connectivity index (χ1n) is 5.99. The minimum Gasteiger partial charge on any atom is -0.489 e. The molecule has 1 heterocycles. The van der Waals surface area contributed by atoms with Crippen LogP contribution in [-0.4, -0.2) is 4.98 Å². The van der Waals surface area contributed by atoms with Crippen molar-refractivity contribution in [1.82, 2.24) is 4.98 Å². The molecular weight excluding hydrogens is 222 g/mol. The molecule has 0 unspecified atom stereocenters. The van der Waals surface area contributed by atoms with E-state index in [-0.39, 0.29) is 0 Å². The van der Waals surface area contributed by atoms with E-state index in [0.717, 1.165) is 11.3 Å². The van der Waals surface area contributed by atoms with Gasteiger partial charge in [0.25, 0.3) is 0 Å². The smallest absolute Gasteiger partial charge is 0.119 e. The van der Waals surface area contributed by atoms with Crippen LogP contribution in [-0.2, 0) is 6.61 Å². The molecule has 18 heavy (non-hydrogen) atoms. The summed E-state index contributed by atoms with van der Waals surface area (Å²) in [5, 5.41) is 1.23. The summed E-state index contributed by atoms with van der Waals surface area (Å²) in [7, 11) is 0. The lowest BCUT2D eigenvalue weighted by Gasteiger charge is -2.06. The topological polar surface area (TPSA) is 25.0 Å². The Bertz CT molecular complexity index is 655. The molecule has 1 radical (unpaired) electrons. The number of H-pyrrole nitrogens is 1. The molecule has 0 atom stereocenters. The van der Waals surface area contributed by atoms with Crippen LogP contribution in [0.3, 0.4) is 0 Å². The van der Waals surface area contributed by atoms with Crippen LogP contribution >= 0.6 is 0 Å². The molecule has 1 N–H and O–H groups in total. The van der Waals surface area contributed by atoms with Crippen LogP contribution in [0, 0.1) is 13.0 Å². The van der Waals surface area contributed by atoms with E-state index >= 15 is 0 Å². The predicted molar refractivity (Wildman–Crippen MR) is 72.6 cm³/mol. The number of aryl methyl sites for hydroxylation is 1. The number of aromatic nitrogens is 1. The average molecular weight is 236 g/mol. The van der Waals surface area contributed by atoms with E-state index in [1.165, 1.54) is 16.6 Å². The molecular formula is C16H14NO. The first-order valence-corrected chi connectivity index (χ1v) is 5.99. The van der Waals surface area contributed by atoms with Gasteiger partial charge in [-0.3, -0.25) is 0 Å². The minimum absolute atomic E-state index is 0.571. The van der Waals surface area contributed by atoms with Gasteiger partial charge in [0.15, 0.2) is 0 Å². The van der Waals surface area contributed by atoms with Gasteiger partial charge in [0.2, 0.25) is 0 Å². The van der Waals surface area contributed by atoms with Crippen molar-refractivity contribution in [3.05, 3.63) is 65.9 Å².